The molecule has 1 aliphatic rings. The van der Waals surface area contributed by atoms with Gasteiger partial charge in [0.05, 0.1) is 0 Å². The van der Waals surface area contributed by atoms with E-state index in [1.807, 2.05) is 0 Å². The van der Waals surface area contributed by atoms with E-state index in [2.05, 4.69) is 0 Å². The number of piperidine rings is 1. The Labute approximate surface area is 139 Å². The summed E-state index contributed by atoms with van der Waals surface area (Å²) in [7, 11) is 0. The summed E-state index contributed by atoms with van der Waals surface area (Å²) in [6.45, 7) is -0.0220. The maximum absolute atomic E-state index is 12.8. The van der Waals surface area contributed by atoms with Gasteiger partial charge in [-0.05, 0) is 43.0 Å². The van der Waals surface area contributed by atoms with Gasteiger partial charge in [-0.3, -0.25) is 9.59 Å². The summed E-state index contributed by atoms with van der Waals surface area (Å²) in [5.41, 5.74) is 5.92. The quantitative estimate of drug-likeness (QED) is 0.648. The first kappa shape index (κ1) is 17.7. The first-order valence-electron chi connectivity index (χ1n) is 7.66. The van der Waals surface area contributed by atoms with Crippen LogP contribution in [-0.2, 0) is 19.1 Å². The van der Waals surface area contributed by atoms with E-state index in [0.29, 0.717) is 18.5 Å². The van der Waals surface area contributed by atoms with E-state index in [1.165, 1.54) is 35.2 Å². The van der Waals surface area contributed by atoms with Crippen molar-refractivity contribution in [1.82, 2.24) is 4.90 Å². The summed E-state index contributed by atoms with van der Waals surface area (Å²) < 4.78 is 17.7. The smallest absolute Gasteiger partial charge is 0.331 e. The third-order valence-electron chi connectivity index (χ3n) is 3.77. The van der Waals surface area contributed by atoms with Gasteiger partial charge in [-0.15, -0.1) is 0 Å². The molecule has 0 saturated carbocycles. The van der Waals surface area contributed by atoms with Crippen LogP contribution in [0, 0.1) is 5.82 Å². The summed E-state index contributed by atoms with van der Waals surface area (Å²) in [6.07, 6.45) is 4.76. The van der Waals surface area contributed by atoms with E-state index in [0.717, 1.165) is 18.9 Å². The van der Waals surface area contributed by atoms with Crippen LogP contribution in [0.5, 0.6) is 0 Å². The number of nitrogens with two attached hydrogens (primary N) is 1. The fraction of sp³-hybridized carbons (Fsp3) is 0.353. The van der Waals surface area contributed by atoms with E-state index in [1.54, 1.807) is 0 Å². The highest BCUT2D eigenvalue weighted by Crippen LogP contribution is 2.17. The van der Waals surface area contributed by atoms with Gasteiger partial charge in [0.15, 0.2) is 6.61 Å². The highest BCUT2D eigenvalue weighted by Gasteiger charge is 2.30. The maximum atomic E-state index is 12.8. The van der Waals surface area contributed by atoms with Crippen molar-refractivity contribution in [1.29, 1.82) is 0 Å². The van der Waals surface area contributed by atoms with Gasteiger partial charge in [-0.1, -0.05) is 12.1 Å². The van der Waals surface area contributed by atoms with E-state index in [4.69, 9.17) is 10.5 Å². The van der Waals surface area contributed by atoms with E-state index >= 15 is 0 Å². The van der Waals surface area contributed by atoms with Crippen LogP contribution in [0.3, 0.4) is 0 Å². The van der Waals surface area contributed by atoms with Crippen molar-refractivity contribution in [2.45, 2.75) is 25.3 Å². The van der Waals surface area contributed by atoms with Crippen molar-refractivity contribution in [3.05, 3.63) is 41.7 Å². The minimum atomic E-state index is -0.694. The number of benzene rings is 1. The van der Waals surface area contributed by atoms with Crippen LogP contribution in [0.15, 0.2) is 30.3 Å². The predicted molar refractivity (Wildman–Crippen MR) is 84.9 cm³/mol. The van der Waals surface area contributed by atoms with Crippen molar-refractivity contribution in [2.24, 2.45) is 5.73 Å². The Hall–Kier alpha value is -2.70. The van der Waals surface area contributed by atoms with Gasteiger partial charge in [0.25, 0.3) is 5.91 Å². The lowest BCUT2D eigenvalue weighted by atomic mass is 10.0. The van der Waals surface area contributed by atoms with Gasteiger partial charge < -0.3 is 15.4 Å². The molecule has 1 fully saturated rings. The van der Waals surface area contributed by atoms with Crippen LogP contribution in [0.1, 0.15) is 24.8 Å². The highest BCUT2D eigenvalue weighted by atomic mass is 19.1. The molecule has 1 atom stereocenters. The molecular formula is C17H19FN2O4. The summed E-state index contributed by atoms with van der Waals surface area (Å²) >= 11 is 0. The van der Waals surface area contributed by atoms with Crippen LogP contribution in [0.2, 0.25) is 0 Å². The van der Waals surface area contributed by atoms with Crippen molar-refractivity contribution >= 4 is 23.9 Å². The number of rotatable bonds is 5. The second kappa shape index (κ2) is 8.24. The minimum absolute atomic E-state index is 0.370. The molecule has 1 aliphatic heterocycles. The minimum Gasteiger partial charge on any atom is -0.452 e. The molecule has 2 amide bonds. The molecule has 1 saturated heterocycles. The number of carbonyl (C=O) groups is 3. The standard InChI is InChI=1S/C17H19FN2O4/c18-13-7-4-12(5-8-13)6-9-16(22)24-11-15(21)20-10-2-1-3-14(20)17(19)23/h4-9,14H,1-3,10-11H2,(H2,19,23)/b9-6+/t14-/m0/s1. The van der Waals surface area contributed by atoms with E-state index in [9.17, 15) is 18.8 Å². The summed E-state index contributed by atoms with van der Waals surface area (Å²) in [5, 5.41) is 0. The first-order chi connectivity index (χ1) is 11.5. The van der Waals surface area contributed by atoms with Crippen molar-refractivity contribution in [3.63, 3.8) is 0 Å². The summed E-state index contributed by atoms with van der Waals surface area (Å²) in [5.74, 6) is -2.06. The number of hydrogen-bond donors (Lipinski definition) is 1. The van der Waals surface area contributed by atoms with Crippen molar-refractivity contribution < 1.29 is 23.5 Å². The number of ether oxygens (including phenoxy) is 1. The summed E-state index contributed by atoms with van der Waals surface area (Å²) in [6, 6.07) is 4.92. The molecule has 7 heteroatoms. The molecule has 0 aliphatic carbocycles. The van der Waals surface area contributed by atoms with Crippen molar-refractivity contribution in [3.8, 4) is 0 Å². The molecule has 24 heavy (non-hydrogen) atoms. The number of hydrogen-bond acceptors (Lipinski definition) is 4. The Morgan fingerprint density at radius 2 is 1.96 bits per heavy atom. The van der Waals surface area contributed by atoms with Crippen LogP contribution in [0.4, 0.5) is 4.39 Å². The number of amides is 2. The zero-order chi connectivity index (χ0) is 17.5. The Morgan fingerprint density at radius 3 is 2.62 bits per heavy atom. The number of primary amides is 1. The molecule has 2 rings (SSSR count). The topological polar surface area (TPSA) is 89.7 Å². The lowest BCUT2D eigenvalue weighted by molar-refractivity contribution is -0.151. The largest absolute Gasteiger partial charge is 0.452 e. The van der Waals surface area contributed by atoms with Crippen LogP contribution in [0.25, 0.3) is 6.08 Å². The zero-order valence-corrected chi connectivity index (χ0v) is 13.1. The van der Waals surface area contributed by atoms with Gasteiger partial charge in [0.2, 0.25) is 5.91 Å². The second-order valence-electron chi connectivity index (χ2n) is 5.49. The molecular weight excluding hydrogens is 315 g/mol. The number of halogens is 1. The molecule has 128 valence electrons. The predicted octanol–water partition coefficient (Wildman–Crippen LogP) is 1.25. The van der Waals surface area contributed by atoms with Gasteiger partial charge >= 0.3 is 5.97 Å². The Bertz CT molecular complexity index is 642. The molecule has 2 N–H and O–H groups in total. The lowest BCUT2D eigenvalue weighted by Gasteiger charge is -2.33. The molecule has 0 radical (unpaired) electrons. The number of likely N-dealkylation sites (tertiary alicyclic amines) is 1. The molecule has 1 aromatic carbocycles. The molecule has 1 aromatic rings. The molecule has 0 bridgehead atoms. The van der Waals surface area contributed by atoms with Crippen LogP contribution in [-0.4, -0.2) is 41.9 Å². The third-order valence-corrected chi connectivity index (χ3v) is 3.77. The summed E-state index contributed by atoms with van der Waals surface area (Å²) in [4.78, 5) is 36.5. The SMILES string of the molecule is NC(=O)[C@@H]1CCCCN1C(=O)COC(=O)/C=C/c1ccc(F)cc1. The number of nitrogens with zero attached hydrogens (tertiary/aromatic N) is 1. The van der Waals surface area contributed by atoms with Gasteiger partial charge in [0, 0.05) is 12.6 Å². The van der Waals surface area contributed by atoms with E-state index in [-0.39, 0.29) is 5.82 Å². The second-order valence-corrected chi connectivity index (χ2v) is 5.49. The molecule has 6 nitrogen and oxygen atoms in total. The number of carbonyl (C=O) groups excluding carboxylic acids is 3. The first-order valence-corrected chi connectivity index (χ1v) is 7.66. The molecule has 1 heterocycles. The van der Waals surface area contributed by atoms with Crippen LogP contribution >= 0.6 is 0 Å². The number of esters is 1. The van der Waals surface area contributed by atoms with Gasteiger partial charge in [-0.25, -0.2) is 9.18 Å². The van der Waals surface area contributed by atoms with E-state index < -0.39 is 30.4 Å². The Kier molecular flexibility index (Phi) is 6.06. The zero-order valence-electron chi connectivity index (χ0n) is 13.1. The van der Waals surface area contributed by atoms with Gasteiger partial charge in [-0.2, -0.15) is 0 Å². The average molecular weight is 334 g/mol. The Morgan fingerprint density at radius 1 is 1.25 bits per heavy atom. The fourth-order valence-electron chi connectivity index (χ4n) is 2.53. The normalized spacial score (nSPS) is 17.7. The fourth-order valence-corrected chi connectivity index (χ4v) is 2.53. The van der Waals surface area contributed by atoms with Crippen molar-refractivity contribution in [2.75, 3.05) is 13.2 Å². The monoisotopic (exact) mass is 334 g/mol. The third kappa shape index (κ3) is 4.91. The lowest BCUT2D eigenvalue weighted by Crippen LogP contribution is -2.51. The maximum Gasteiger partial charge on any atom is 0.331 e. The van der Waals surface area contributed by atoms with Gasteiger partial charge in [0.1, 0.15) is 11.9 Å². The molecule has 0 aromatic heterocycles. The highest BCUT2D eigenvalue weighted by molar-refractivity contribution is 5.91. The molecule has 0 spiro atoms. The van der Waals surface area contributed by atoms with Crippen LogP contribution < -0.4 is 5.73 Å². The molecule has 0 unspecified atom stereocenters. The average Bonchev–Trinajstić information content (AvgIpc) is 2.59. The Balaban J connectivity index is 1.85.